The Bertz CT molecular complexity index is 628. The van der Waals surface area contributed by atoms with E-state index in [9.17, 15) is 13.2 Å². The lowest BCUT2D eigenvalue weighted by molar-refractivity contribution is -0.144. The third kappa shape index (κ3) is 4.08. The summed E-state index contributed by atoms with van der Waals surface area (Å²) in [5, 5.41) is 0. The van der Waals surface area contributed by atoms with Gasteiger partial charge in [-0.2, -0.15) is 4.72 Å². The van der Waals surface area contributed by atoms with Gasteiger partial charge in [-0.1, -0.05) is 0 Å². The van der Waals surface area contributed by atoms with Gasteiger partial charge in [-0.05, 0) is 38.5 Å². The van der Waals surface area contributed by atoms with Crippen LogP contribution in [0.5, 0.6) is 5.75 Å². The van der Waals surface area contributed by atoms with Gasteiger partial charge < -0.3 is 15.2 Å². The molecule has 7 nitrogen and oxygen atoms in total. The first-order valence-corrected chi connectivity index (χ1v) is 7.84. The summed E-state index contributed by atoms with van der Waals surface area (Å²) in [5.41, 5.74) is 6.76. The highest BCUT2D eigenvalue weighted by Crippen LogP contribution is 2.28. The van der Waals surface area contributed by atoms with E-state index in [2.05, 4.69) is 4.72 Å². The monoisotopic (exact) mass is 316 g/mol. The maximum atomic E-state index is 12.3. The van der Waals surface area contributed by atoms with Crippen LogP contribution in [-0.4, -0.2) is 34.1 Å². The Hall–Kier alpha value is -1.80. The van der Waals surface area contributed by atoms with E-state index in [1.807, 2.05) is 0 Å². The number of hydrogen-bond acceptors (Lipinski definition) is 6. The molecule has 0 fully saturated rings. The number of sulfonamides is 1. The van der Waals surface area contributed by atoms with Crippen LogP contribution in [0.1, 0.15) is 19.4 Å². The van der Waals surface area contributed by atoms with Gasteiger partial charge in [0.05, 0.1) is 13.7 Å². The number of esters is 1. The first-order chi connectivity index (χ1) is 9.72. The maximum Gasteiger partial charge on any atom is 0.323 e. The van der Waals surface area contributed by atoms with Crippen molar-refractivity contribution < 1.29 is 22.7 Å². The van der Waals surface area contributed by atoms with Crippen LogP contribution in [0.3, 0.4) is 0 Å². The van der Waals surface area contributed by atoms with E-state index in [0.717, 1.165) is 0 Å². The molecule has 0 aliphatic rings. The van der Waals surface area contributed by atoms with Gasteiger partial charge in [0.25, 0.3) is 0 Å². The molecule has 3 N–H and O–H groups in total. The first-order valence-electron chi connectivity index (χ1n) is 6.36. The Morgan fingerprint density at radius 2 is 2.05 bits per heavy atom. The summed E-state index contributed by atoms with van der Waals surface area (Å²) in [4.78, 5) is 11.4. The van der Waals surface area contributed by atoms with Crippen LogP contribution >= 0.6 is 0 Å². The number of ether oxygens (including phenoxy) is 2. The lowest BCUT2D eigenvalue weighted by Crippen LogP contribution is -2.39. The van der Waals surface area contributed by atoms with Crippen molar-refractivity contribution in [1.29, 1.82) is 0 Å². The highest BCUT2D eigenvalue weighted by Gasteiger charge is 2.26. The van der Waals surface area contributed by atoms with Crippen molar-refractivity contribution in [3.8, 4) is 5.75 Å². The minimum atomic E-state index is -3.96. The van der Waals surface area contributed by atoms with Crippen LogP contribution in [0.15, 0.2) is 17.0 Å². The normalized spacial score (nSPS) is 12.8. The molecular formula is C13H20N2O5S. The van der Waals surface area contributed by atoms with Gasteiger partial charge in [0, 0.05) is 5.69 Å². The second-order valence-corrected chi connectivity index (χ2v) is 6.14. The number of carbonyl (C=O) groups excluding carboxylic acids is 1. The smallest absolute Gasteiger partial charge is 0.323 e. The molecule has 0 heterocycles. The van der Waals surface area contributed by atoms with E-state index in [-0.39, 0.29) is 17.3 Å². The van der Waals surface area contributed by atoms with E-state index in [1.54, 1.807) is 13.8 Å². The minimum Gasteiger partial charge on any atom is -0.495 e. The summed E-state index contributed by atoms with van der Waals surface area (Å²) in [6.07, 6.45) is 0. The fraction of sp³-hybridized carbons (Fsp3) is 0.462. The molecule has 1 aromatic rings. The fourth-order valence-electron chi connectivity index (χ4n) is 1.66. The lowest BCUT2D eigenvalue weighted by Gasteiger charge is -2.16. The molecule has 1 atom stereocenters. The van der Waals surface area contributed by atoms with Crippen molar-refractivity contribution >= 4 is 21.7 Å². The first kappa shape index (κ1) is 17.3. The maximum absolute atomic E-state index is 12.3. The summed E-state index contributed by atoms with van der Waals surface area (Å²) in [7, 11) is -2.60. The molecule has 1 unspecified atom stereocenters. The number of hydrogen-bond donors (Lipinski definition) is 2. The zero-order valence-electron chi connectivity index (χ0n) is 12.5. The van der Waals surface area contributed by atoms with Gasteiger partial charge in [-0.25, -0.2) is 8.42 Å². The summed E-state index contributed by atoms with van der Waals surface area (Å²) in [6.45, 7) is 4.96. The molecule has 0 aromatic heterocycles. The summed E-state index contributed by atoms with van der Waals surface area (Å²) >= 11 is 0. The molecule has 0 aliphatic carbocycles. The summed E-state index contributed by atoms with van der Waals surface area (Å²) < 4.78 is 36.7. The average molecular weight is 316 g/mol. The van der Waals surface area contributed by atoms with E-state index >= 15 is 0 Å². The molecular weight excluding hydrogens is 296 g/mol. The number of nitrogens with one attached hydrogen (secondary N) is 1. The van der Waals surface area contributed by atoms with Crippen molar-refractivity contribution in [3.63, 3.8) is 0 Å². The molecule has 8 heteroatoms. The number of nitrogen functional groups attached to an aromatic ring is 1. The molecule has 118 valence electrons. The predicted octanol–water partition coefficient (Wildman–Crippen LogP) is 0.816. The SMILES string of the molecule is CCOC(=O)C(C)NS(=O)(=O)c1cc(N)c(C)cc1OC. The minimum absolute atomic E-state index is 0.121. The van der Waals surface area contributed by atoms with Gasteiger partial charge in [-0.15, -0.1) is 0 Å². The van der Waals surface area contributed by atoms with Crippen molar-refractivity contribution in [3.05, 3.63) is 17.7 Å². The third-order valence-corrected chi connectivity index (χ3v) is 4.38. The molecule has 0 spiro atoms. The van der Waals surface area contributed by atoms with Gasteiger partial charge in [-0.3, -0.25) is 4.79 Å². The molecule has 0 amide bonds. The van der Waals surface area contributed by atoms with E-state index < -0.39 is 22.0 Å². The topological polar surface area (TPSA) is 108 Å². The number of methoxy groups -OCH3 is 1. The Morgan fingerprint density at radius 1 is 1.43 bits per heavy atom. The lowest BCUT2D eigenvalue weighted by atomic mass is 10.2. The standard InChI is InChI=1S/C13H20N2O5S/c1-5-20-13(16)9(3)15-21(17,18)12-7-10(14)8(2)6-11(12)19-4/h6-7,9,15H,5,14H2,1-4H3. The summed E-state index contributed by atoms with van der Waals surface area (Å²) in [5.74, 6) is -0.495. The largest absolute Gasteiger partial charge is 0.495 e. The zero-order chi connectivity index (χ0) is 16.2. The highest BCUT2D eigenvalue weighted by atomic mass is 32.2. The zero-order valence-corrected chi connectivity index (χ0v) is 13.3. The molecule has 0 aliphatic heterocycles. The van der Waals surface area contributed by atoms with Gasteiger partial charge in [0.2, 0.25) is 10.0 Å². The number of benzene rings is 1. The quantitative estimate of drug-likeness (QED) is 0.594. The number of carbonyl (C=O) groups is 1. The highest BCUT2D eigenvalue weighted by molar-refractivity contribution is 7.89. The van der Waals surface area contributed by atoms with Crippen LogP contribution in [-0.2, 0) is 19.6 Å². The number of anilines is 1. The van der Waals surface area contributed by atoms with Gasteiger partial charge in [0.1, 0.15) is 16.7 Å². The third-order valence-electron chi connectivity index (χ3n) is 2.81. The Labute approximate surface area is 124 Å². The molecule has 1 rings (SSSR count). The van der Waals surface area contributed by atoms with Crippen molar-refractivity contribution in [1.82, 2.24) is 4.72 Å². The van der Waals surface area contributed by atoms with Crippen LogP contribution < -0.4 is 15.2 Å². The van der Waals surface area contributed by atoms with Crippen LogP contribution in [0, 0.1) is 6.92 Å². The van der Waals surface area contributed by atoms with Crippen LogP contribution in [0.25, 0.3) is 0 Å². The molecule has 0 saturated carbocycles. The Kier molecular flexibility index (Phi) is 5.56. The van der Waals surface area contributed by atoms with Crippen LogP contribution in [0.2, 0.25) is 0 Å². The molecule has 0 bridgehead atoms. The second-order valence-electron chi connectivity index (χ2n) is 4.45. The molecule has 0 saturated heterocycles. The fourth-order valence-corrected chi connectivity index (χ4v) is 3.04. The average Bonchev–Trinajstić information content (AvgIpc) is 2.40. The van der Waals surface area contributed by atoms with Gasteiger partial charge >= 0.3 is 5.97 Å². The van der Waals surface area contributed by atoms with E-state index in [0.29, 0.717) is 11.3 Å². The molecule has 21 heavy (non-hydrogen) atoms. The molecule has 0 radical (unpaired) electrons. The number of rotatable bonds is 6. The number of nitrogens with two attached hydrogens (primary N) is 1. The van der Waals surface area contributed by atoms with Gasteiger partial charge in [0.15, 0.2) is 0 Å². The van der Waals surface area contributed by atoms with E-state index in [1.165, 1.54) is 26.2 Å². The Morgan fingerprint density at radius 3 is 2.57 bits per heavy atom. The predicted molar refractivity (Wildman–Crippen MR) is 78.6 cm³/mol. The Balaban J connectivity index is 3.14. The van der Waals surface area contributed by atoms with E-state index in [4.69, 9.17) is 15.2 Å². The van der Waals surface area contributed by atoms with Crippen molar-refractivity contribution in [2.75, 3.05) is 19.5 Å². The van der Waals surface area contributed by atoms with Crippen molar-refractivity contribution in [2.45, 2.75) is 31.7 Å². The second kappa shape index (κ2) is 6.77. The molecule has 1 aromatic carbocycles. The summed E-state index contributed by atoms with van der Waals surface area (Å²) in [6, 6.07) is 1.81. The number of aryl methyl sites for hydroxylation is 1. The van der Waals surface area contributed by atoms with Crippen LogP contribution in [0.4, 0.5) is 5.69 Å². The van der Waals surface area contributed by atoms with Crippen molar-refractivity contribution in [2.24, 2.45) is 0 Å².